The summed E-state index contributed by atoms with van der Waals surface area (Å²) in [6, 6.07) is 13.4. The third-order valence-corrected chi connectivity index (χ3v) is 5.48. The number of carbonyl (C=O) groups excluding carboxylic acids is 2. The molecule has 26 heavy (non-hydrogen) atoms. The Hall–Kier alpha value is -2.51. The molecule has 0 aliphatic carbocycles. The fourth-order valence-electron chi connectivity index (χ4n) is 2.43. The maximum absolute atomic E-state index is 12.1. The lowest BCUT2D eigenvalue weighted by Gasteiger charge is -2.13. The maximum atomic E-state index is 12.1. The number of thiazole rings is 1. The number of hydrogen-bond acceptors (Lipinski definition) is 5. The van der Waals surface area contributed by atoms with E-state index in [1.807, 2.05) is 54.1 Å². The highest BCUT2D eigenvalue weighted by molar-refractivity contribution is 7.14. The van der Waals surface area contributed by atoms with Gasteiger partial charge < -0.3 is 5.32 Å². The zero-order valence-electron chi connectivity index (χ0n) is 14.3. The summed E-state index contributed by atoms with van der Waals surface area (Å²) in [5.74, 6) is -0.172. The van der Waals surface area contributed by atoms with Crippen molar-refractivity contribution in [1.82, 2.24) is 10.3 Å². The smallest absolute Gasteiger partial charge is 0.267 e. The van der Waals surface area contributed by atoms with Crippen molar-refractivity contribution in [1.29, 1.82) is 0 Å². The number of aromatic nitrogens is 1. The van der Waals surface area contributed by atoms with Crippen LogP contribution in [0.1, 0.15) is 40.3 Å². The van der Waals surface area contributed by atoms with Crippen LogP contribution in [0, 0.1) is 0 Å². The van der Waals surface area contributed by atoms with E-state index in [0.29, 0.717) is 22.9 Å². The lowest BCUT2D eigenvalue weighted by molar-refractivity contribution is -0.121. The van der Waals surface area contributed by atoms with Crippen LogP contribution in [0.25, 0.3) is 0 Å². The second-order valence-corrected chi connectivity index (χ2v) is 7.58. The van der Waals surface area contributed by atoms with Crippen molar-refractivity contribution in [2.75, 3.05) is 5.32 Å². The Morgan fingerprint density at radius 1 is 1.12 bits per heavy atom. The Balaban J connectivity index is 1.47. The fourth-order valence-corrected chi connectivity index (χ4v) is 3.78. The number of rotatable bonds is 7. The van der Waals surface area contributed by atoms with Crippen molar-refractivity contribution in [2.24, 2.45) is 0 Å². The molecule has 2 N–H and O–H groups in total. The highest BCUT2D eigenvalue weighted by atomic mass is 32.1. The van der Waals surface area contributed by atoms with E-state index in [9.17, 15) is 9.59 Å². The van der Waals surface area contributed by atoms with Gasteiger partial charge in [0.25, 0.3) is 5.91 Å². The topological polar surface area (TPSA) is 71.1 Å². The van der Waals surface area contributed by atoms with Gasteiger partial charge in [-0.2, -0.15) is 0 Å². The van der Waals surface area contributed by atoms with E-state index in [2.05, 4.69) is 15.6 Å². The number of thiophene rings is 1. The predicted octanol–water partition coefficient (Wildman–Crippen LogP) is 4.27. The van der Waals surface area contributed by atoms with Crippen molar-refractivity contribution in [3.63, 3.8) is 0 Å². The molecule has 134 valence electrons. The zero-order valence-corrected chi connectivity index (χ0v) is 15.9. The zero-order chi connectivity index (χ0) is 18.4. The van der Waals surface area contributed by atoms with Gasteiger partial charge in [0, 0.05) is 11.8 Å². The van der Waals surface area contributed by atoms with Crippen molar-refractivity contribution >= 4 is 39.6 Å². The molecule has 2 amide bonds. The van der Waals surface area contributed by atoms with Crippen molar-refractivity contribution in [3.05, 3.63) is 69.4 Å². The summed E-state index contributed by atoms with van der Waals surface area (Å²) >= 11 is 2.75. The highest BCUT2D eigenvalue weighted by Gasteiger charge is 2.12. The van der Waals surface area contributed by atoms with E-state index in [1.165, 1.54) is 22.7 Å². The molecule has 5 nitrogen and oxygen atoms in total. The average Bonchev–Trinajstić information content (AvgIpc) is 3.33. The first-order valence-electron chi connectivity index (χ1n) is 8.25. The van der Waals surface area contributed by atoms with Gasteiger partial charge in [0.2, 0.25) is 5.91 Å². The number of benzene rings is 1. The maximum Gasteiger partial charge on any atom is 0.267 e. The molecule has 2 aromatic heterocycles. The summed E-state index contributed by atoms with van der Waals surface area (Å²) < 4.78 is 0. The van der Waals surface area contributed by atoms with Gasteiger partial charge in [-0.05, 0) is 30.4 Å². The van der Waals surface area contributed by atoms with Crippen LogP contribution < -0.4 is 10.6 Å². The Labute approximate surface area is 160 Å². The molecule has 3 aromatic rings. The quantitative estimate of drug-likeness (QED) is 0.638. The summed E-state index contributed by atoms with van der Waals surface area (Å²) in [6.07, 6.45) is 0.901. The second kappa shape index (κ2) is 8.73. The van der Waals surface area contributed by atoms with Crippen LogP contribution >= 0.6 is 22.7 Å². The minimum absolute atomic E-state index is 0.0153. The van der Waals surface area contributed by atoms with E-state index in [4.69, 9.17) is 0 Å². The highest BCUT2D eigenvalue weighted by Crippen LogP contribution is 2.19. The molecule has 0 spiro atoms. The first kappa shape index (κ1) is 18.3. The molecule has 1 aromatic carbocycles. The molecule has 0 aliphatic rings. The van der Waals surface area contributed by atoms with E-state index in [0.717, 1.165) is 11.3 Å². The largest absolute Gasteiger partial charge is 0.350 e. The first-order chi connectivity index (χ1) is 12.6. The van der Waals surface area contributed by atoms with Gasteiger partial charge in [-0.3, -0.25) is 14.9 Å². The molecule has 0 bridgehead atoms. The lowest BCUT2D eigenvalue weighted by Crippen LogP contribution is -2.26. The lowest BCUT2D eigenvalue weighted by atomic mass is 10.1. The average molecular weight is 386 g/mol. The monoisotopic (exact) mass is 385 g/mol. The van der Waals surface area contributed by atoms with E-state index < -0.39 is 0 Å². The molecule has 2 heterocycles. The molecule has 0 unspecified atom stereocenters. The number of nitrogens with zero attached hydrogens (tertiary/aromatic N) is 1. The molecular formula is C19H19N3O2S2. The van der Waals surface area contributed by atoms with Gasteiger partial charge >= 0.3 is 0 Å². The number of hydrogen-bond donors (Lipinski definition) is 2. The Morgan fingerprint density at radius 3 is 2.65 bits per heavy atom. The molecule has 0 radical (unpaired) electrons. The summed E-state index contributed by atoms with van der Waals surface area (Å²) in [4.78, 5) is 29.2. The molecule has 7 heteroatoms. The molecular weight excluding hydrogens is 366 g/mol. The van der Waals surface area contributed by atoms with Gasteiger partial charge in [-0.1, -0.05) is 36.4 Å². The Morgan fingerprint density at radius 2 is 1.92 bits per heavy atom. The molecule has 0 saturated heterocycles. The van der Waals surface area contributed by atoms with Gasteiger partial charge in [0.15, 0.2) is 5.13 Å². The summed E-state index contributed by atoms with van der Waals surface area (Å²) in [7, 11) is 0. The Kier molecular flexibility index (Phi) is 6.14. The van der Waals surface area contributed by atoms with Gasteiger partial charge in [-0.15, -0.1) is 22.7 Å². The minimum Gasteiger partial charge on any atom is -0.350 e. The molecule has 0 aliphatic heterocycles. The van der Waals surface area contributed by atoms with Crippen molar-refractivity contribution in [2.45, 2.75) is 25.8 Å². The third kappa shape index (κ3) is 5.00. The van der Waals surface area contributed by atoms with Crippen LogP contribution in [0.4, 0.5) is 5.13 Å². The third-order valence-electron chi connectivity index (χ3n) is 3.80. The Bertz CT molecular complexity index is 860. The second-order valence-electron chi connectivity index (χ2n) is 5.78. The van der Waals surface area contributed by atoms with E-state index in [1.54, 1.807) is 6.07 Å². The first-order valence-corrected chi connectivity index (χ1v) is 10.0. The minimum atomic E-state index is -0.157. The van der Waals surface area contributed by atoms with Crippen molar-refractivity contribution in [3.8, 4) is 0 Å². The van der Waals surface area contributed by atoms with Gasteiger partial charge in [-0.25, -0.2) is 4.98 Å². The van der Waals surface area contributed by atoms with E-state index >= 15 is 0 Å². The van der Waals surface area contributed by atoms with Gasteiger partial charge in [0.1, 0.15) is 0 Å². The number of nitrogens with one attached hydrogen (secondary N) is 2. The molecule has 3 rings (SSSR count). The molecule has 0 fully saturated rings. The van der Waals surface area contributed by atoms with Crippen LogP contribution in [0.3, 0.4) is 0 Å². The summed E-state index contributed by atoms with van der Waals surface area (Å²) in [6.45, 7) is 1.97. The fraction of sp³-hybridized carbons (Fsp3) is 0.211. The van der Waals surface area contributed by atoms with Crippen LogP contribution in [-0.4, -0.2) is 16.8 Å². The molecule has 0 saturated carbocycles. The SMILES string of the molecule is C[C@@H](NC(=O)CCc1csc(NC(=O)c2cccs2)n1)c1ccccc1. The van der Waals surface area contributed by atoms with Crippen LogP contribution in [-0.2, 0) is 11.2 Å². The molecule has 1 atom stereocenters. The van der Waals surface area contributed by atoms with Crippen LogP contribution in [0.2, 0.25) is 0 Å². The van der Waals surface area contributed by atoms with Crippen LogP contribution in [0.5, 0.6) is 0 Å². The standard InChI is InChI=1S/C19H19N3O2S2/c1-13(14-6-3-2-4-7-14)20-17(23)10-9-15-12-26-19(21-15)22-18(24)16-8-5-11-25-16/h2-8,11-13H,9-10H2,1H3,(H,20,23)(H,21,22,24)/t13-/m1/s1. The summed E-state index contributed by atoms with van der Waals surface area (Å²) in [5, 5.41) is 10.1. The normalized spacial score (nSPS) is 11.7. The van der Waals surface area contributed by atoms with Crippen LogP contribution in [0.15, 0.2) is 53.2 Å². The van der Waals surface area contributed by atoms with Crippen molar-refractivity contribution < 1.29 is 9.59 Å². The van der Waals surface area contributed by atoms with Gasteiger partial charge in [0.05, 0.1) is 16.6 Å². The number of amides is 2. The summed E-state index contributed by atoms with van der Waals surface area (Å²) in [5.41, 5.74) is 1.88. The van der Waals surface area contributed by atoms with E-state index in [-0.39, 0.29) is 17.9 Å². The predicted molar refractivity (Wildman–Crippen MR) is 106 cm³/mol. The number of aryl methyl sites for hydroxylation is 1. The number of anilines is 1. The number of carbonyl (C=O) groups is 2.